The number of halogens is 1. The van der Waals surface area contributed by atoms with Crippen molar-refractivity contribution in [3.05, 3.63) is 35.6 Å². The molecule has 0 amide bonds. The van der Waals surface area contributed by atoms with E-state index in [0.717, 1.165) is 24.4 Å². The Morgan fingerprint density at radius 2 is 2.20 bits per heavy atom. The van der Waals surface area contributed by atoms with Gasteiger partial charge in [0, 0.05) is 12.1 Å². The van der Waals surface area contributed by atoms with Crippen LogP contribution >= 0.6 is 0 Å². The molecule has 20 heavy (non-hydrogen) atoms. The van der Waals surface area contributed by atoms with Gasteiger partial charge in [-0.25, -0.2) is 4.39 Å². The fourth-order valence-corrected chi connectivity index (χ4v) is 3.23. The lowest BCUT2D eigenvalue weighted by Crippen LogP contribution is -2.37. The molecule has 3 unspecified atom stereocenters. The summed E-state index contributed by atoms with van der Waals surface area (Å²) in [6.45, 7) is 3.33. The van der Waals surface area contributed by atoms with Gasteiger partial charge in [0.2, 0.25) is 0 Å². The molecule has 112 valence electrons. The van der Waals surface area contributed by atoms with E-state index in [0.29, 0.717) is 6.04 Å². The Kier molecular flexibility index (Phi) is 5.55. The van der Waals surface area contributed by atoms with Crippen LogP contribution in [0, 0.1) is 11.7 Å². The van der Waals surface area contributed by atoms with E-state index in [-0.39, 0.29) is 11.9 Å². The molecule has 2 N–H and O–H groups in total. The van der Waals surface area contributed by atoms with Crippen molar-refractivity contribution in [1.82, 2.24) is 4.90 Å². The van der Waals surface area contributed by atoms with Gasteiger partial charge in [-0.05, 0) is 56.5 Å². The zero-order valence-corrected chi connectivity index (χ0v) is 12.7. The zero-order chi connectivity index (χ0) is 14.5. The minimum Gasteiger partial charge on any atom is -0.324 e. The Bertz CT molecular complexity index is 421. The van der Waals surface area contributed by atoms with Crippen LogP contribution in [0.5, 0.6) is 0 Å². The van der Waals surface area contributed by atoms with Crippen LogP contribution in [-0.2, 0) is 0 Å². The molecule has 1 aliphatic rings. The van der Waals surface area contributed by atoms with E-state index >= 15 is 0 Å². The first-order valence-corrected chi connectivity index (χ1v) is 7.77. The third-order valence-electron chi connectivity index (χ3n) is 4.60. The average molecular weight is 278 g/mol. The maximum absolute atomic E-state index is 13.2. The predicted octanol–water partition coefficient (Wildman–Crippen LogP) is 3.73. The summed E-state index contributed by atoms with van der Waals surface area (Å²) in [6.07, 6.45) is 6.19. The van der Waals surface area contributed by atoms with Crippen LogP contribution < -0.4 is 5.73 Å². The molecule has 3 atom stereocenters. The van der Waals surface area contributed by atoms with Crippen LogP contribution in [0.25, 0.3) is 0 Å². The van der Waals surface area contributed by atoms with E-state index in [4.69, 9.17) is 5.73 Å². The van der Waals surface area contributed by atoms with Gasteiger partial charge in [-0.2, -0.15) is 0 Å². The van der Waals surface area contributed by atoms with Crippen molar-refractivity contribution in [3.8, 4) is 0 Å². The van der Waals surface area contributed by atoms with Crippen molar-refractivity contribution in [2.75, 3.05) is 13.6 Å². The summed E-state index contributed by atoms with van der Waals surface area (Å²) in [5.41, 5.74) is 7.07. The summed E-state index contributed by atoms with van der Waals surface area (Å²) in [5.74, 6) is 0.639. The molecule has 1 saturated carbocycles. The average Bonchev–Trinajstić information content (AvgIpc) is 2.44. The van der Waals surface area contributed by atoms with E-state index in [1.54, 1.807) is 12.1 Å². The Hall–Kier alpha value is -0.930. The van der Waals surface area contributed by atoms with Crippen LogP contribution in [0.1, 0.15) is 50.6 Å². The predicted molar refractivity (Wildman–Crippen MR) is 82.0 cm³/mol. The molecule has 0 aromatic heterocycles. The SMILES string of the molecule is CC1CCCC(N(C)CCC(N)c2cccc(F)c2)C1. The third-order valence-corrected chi connectivity index (χ3v) is 4.60. The van der Waals surface area contributed by atoms with Crippen LogP contribution in [0.15, 0.2) is 24.3 Å². The van der Waals surface area contributed by atoms with Gasteiger partial charge in [-0.1, -0.05) is 31.9 Å². The van der Waals surface area contributed by atoms with Crippen molar-refractivity contribution in [2.24, 2.45) is 11.7 Å². The van der Waals surface area contributed by atoms with E-state index in [1.165, 1.54) is 31.7 Å². The number of nitrogens with zero attached hydrogens (tertiary/aromatic N) is 1. The number of nitrogens with two attached hydrogens (primary N) is 1. The molecule has 0 heterocycles. The summed E-state index contributed by atoms with van der Waals surface area (Å²) in [5, 5.41) is 0. The summed E-state index contributed by atoms with van der Waals surface area (Å²) in [6, 6.07) is 7.28. The molecule has 0 spiro atoms. The van der Waals surface area contributed by atoms with Gasteiger partial charge < -0.3 is 10.6 Å². The largest absolute Gasteiger partial charge is 0.324 e. The highest BCUT2D eigenvalue weighted by atomic mass is 19.1. The lowest BCUT2D eigenvalue weighted by atomic mass is 9.86. The minimum absolute atomic E-state index is 0.0748. The highest BCUT2D eigenvalue weighted by Gasteiger charge is 2.22. The van der Waals surface area contributed by atoms with E-state index in [9.17, 15) is 4.39 Å². The molecule has 0 radical (unpaired) electrons. The van der Waals surface area contributed by atoms with Crippen LogP contribution in [0.3, 0.4) is 0 Å². The molecule has 3 heteroatoms. The molecular formula is C17H27FN2. The first kappa shape index (κ1) is 15.5. The molecule has 2 rings (SSSR count). The number of rotatable bonds is 5. The van der Waals surface area contributed by atoms with Crippen LogP contribution in [0.4, 0.5) is 4.39 Å². The molecule has 1 aromatic rings. The van der Waals surface area contributed by atoms with E-state index in [2.05, 4.69) is 18.9 Å². The summed E-state index contributed by atoms with van der Waals surface area (Å²) >= 11 is 0. The van der Waals surface area contributed by atoms with Crippen LogP contribution in [-0.4, -0.2) is 24.5 Å². The standard InChI is InChI=1S/C17H27FN2/c1-13-5-3-8-16(11-13)20(2)10-9-17(19)14-6-4-7-15(18)12-14/h4,6-7,12-13,16-17H,3,5,8-11,19H2,1-2H3. The Morgan fingerprint density at radius 1 is 1.40 bits per heavy atom. The monoisotopic (exact) mass is 278 g/mol. The quantitative estimate of drug-likeness (QED) is 0.889. The highest BCUT2D eigenvalue weighted by Crippen LogP contribution is 2.27. The van der Waals surface area contributed by atoms with Crippen molar-refractivity contribution in [1.29, 1.82) is 0 Å². The second-order valence-electron chi connectivity index (χ2n) is 6.36. The molecule has 0 saturated heterocycles. The van der Waals surface area contributed by atoms with Gasteiger partial charge in [-0.15, -0.1) is 0 Å². The normalized spacial score (nSPS) is 24.9. The van der Waals surface area contributed by atoms with Gasteiger partial charge in [0.1, 0.15) is 5.82 Å². The van der Waals surface area contributed by atoms with Gasteiger partial charge in [0.25, 0.3) is 0 Å². The van der Waals surface area contributed by atoms with Gasteiger partial charge in [0.05, 0.1) is 0 Å². The second kappa shape index (κ2) is 7.19. The Balaban J connectivity index is 1.82. The summed E-state index contributed by atoms with van der Waals surface area (Å²) in [7, 11) is 2.20. The fourth-order valence-electron chi connectivity index (χ4n) is 3.23. The van der Waals surface area contributed by atoms with Crippen molar-refractivity contribution in [2.45, 2.75) is 51.1 Å². The van der Waals surface area contributed by atoms with Gasteiger partial charge in [0.15, 0.2) is 0 Å². The first-order valence-electron chi connectivity index (χ1n) is 7.77. The maximum Gasteiger partial charge on any atom is 0.123 e. The molecule has 1 aromatic carbocycles. The fraction of sp³-hybridized carbons (Fsp3) is 0.647. The second-order valence-corrected chi connectivity index (χ2v) is 6.36. The Labute approximate surface area is 122 Å². The van der Waals surface area contributed by atoms with E-state index in [1.807, 2.05) is 6.07 Å². The van der Waals surface area contributed by atoms with E-state index < -0.39 is 0 Å². The van der Waals surface area contributed by atoms with Gasteiger partial charge >= 0.3 is 0 Å². The molecule has 1 aliphatic carbocycles. The molecule has 2 nitrogen and oxygen atoms in total. The number of hydrogen-bond donors (Lipinski definition) is 1. The maximum atomic E-state index is 13.2. The zero-order valence-electron chi connectivity index (χ0n) is 12.7. The molecule has 0 aliphatic heterocycles. The Morgan fingerprint density at radius 3 is 2.90 bits per heavy atom. The van der Waals surface area contributed by atoms with Crippen molar-refractivity contribution < 1.29 is 4.39 Å². The summed E-state index contributed by atoms with van der Waals surface area (Å²) < 4.78 is 13.2. The molecule has 1 fully saturated rings. The number of hydrogen-bond acceptors (Lipinski definition) is 2. The van der Waals surface area contributed by atoms with Crippen LogP contribution in [0.2, 0.25) is 0 Å². The first-order chi connectivity index (χ1) is 9.56. The lowest BCUT2D eigenvalue weighted by molar-refractivity contribution is 0.160. The summed E-state index contributed by atoms with van der Waals surface area (Å²) in [4.78, 5) is 2.44. The topological polar surface area (TPSA) is 29.3 Å². The van der Waals surface area contributed by atoms with Gasteiger partial charge in [-0.3, -0.25) is 0 Å². The third kappa shape index (κ3) is 4.29. The molecular weight excluding hydrogens is 251 g/mol. The lowest BCUT2D eigenvalue weighted by Gasteiger charge is -2.34. The smallest absolute Gasteiger partial charge is 0.123 e. The van der Waals surface area contributed by atoms with Crippen molar-refractivity contribution >= 4 is 0 Å². The minimum atomic E-state index is -0.201. The molecule has 0 bridgehead atoms. The number of benzene rings is 1. The highest BCUT2D eigenvalue weighted by molar-refractivity contribution is 5.19. The van der Waals surface area contributed by atoms with Crippen molar-refractivity contribution in [3.63, 3.8) is 0 Å².